The zero-order valence-electron chi connectivity index (χ0n) is 11.8. The maximum absolute atomic E-state index is 5.24. The van der Waals surface area contributed by atoms with E-state index in [0.717, 1.165) is 18.7 Å². The molecule has 0 spiro atoms. The Balaban J connectivity index is 1.87. The Morgan fingerprint density at radius 3 is 2.89 bits per heavy atom. The lowest BCUT2D eigenvalue weighted by atomic mass is 10.1. The molecule has 1 N–H and O–H groups in total. The van der Waals surface area contributed by atoms with Crippen LogP contribution in [0.1, 0.15) is 24.2 Å². The van der Waals surface area contributed by atoms with E-state index in [1.807, 2.05) is 30.1 Å². The van der Waals surface area contributed by atoms with Crippen molar-refractivity contribution in [3.63, 3.8) is 0 Å². The van der Waals surface area contributed by atoms with Gasteiger partial charge in [-0.1, -0.05) is 12.1 Å². The average molecular weight is 259 g/mol. The van der Waals surface area contributed by atoms with Crippen LogP contribution in [-0.2, 0) is 13.5 Å². The second-order valence-electron chi connectivity index (χ2n) is 4.65. The predicted molar refractivity (Wildman–Crippen MR) is 76.3 cm³/mol. The molecule has 0 radical (unpaired) electrons. The number of hydrogen-bond acceptors (Lipinski definition) is 3. The Morgan fingerprint density at radius 1 is 1.37 bits per heavy atom. The number of methoxy groups -OCH3 is 1. The number of nitrogens with zero attached hydrogens (tertiary/aromatic N) is 2. The molecule has 0 bridgehead atoms. The van der Waals surface area contributed by atoms with E-state index in [-0.39, 0.29) is 0 Å². The molecule has 0 aliphatic carbocycles. The van der Waals surface area contributed by atoms with Crippen LogP contribution in [-0.4, -0.2) is 23.4 Å². The van der Waals surface area contributed by atoms with Crippen LogP contribution in [0.2, 0.25) is 0 Å². The molecule has 0 amide bonds. The summed E-state index contributed by atoms with van der Waals surface area (Å²) in [6.07, 6.45) is 2.81. The van der Waals surface area contributed by atoms with E-state index in [9.17, 15) is 0 Å². The van der Waals surface area contributed by atoms with Crippen LogP contribution < -0.4 is 10.1 Å². The van der Waals surface area contributed by atoms with Gasteiger partial charge in [-0.25, -0.2) is 0 Å². The van der Waals surface area contributed by atoms with E-state index in [1.54, 1.807) is 7.11 Å². The fourth-order valence-corrected chi connectivity index (χ4v) is 2.09. The van der Waals surface area contributed by atoms with Crippen molar-refractivity contribution in [3.05, 3.63) is 47.8 Å². The van der Waals surface area contributed by atoms with Gasteiger partial charge < -0.3 is 10.1 Å². The summed E-state index contributed by atoms with van der Waals surface area (Å²) in [5.41, 5.74) is 2.48. The highest BCUT2D eigenvalue weighted by Gasteiger charge is 2.06. The fraction of sp³-hybridized carbons (Fsp3) is 0.400. The van der Waals surface area contributed by atoms with Gasteiger partial charge in [0.05, 0.1) is 7.11 Å². The monoisotopic (exact) mass is 259 g/mol. The maximum atomic E-state index is 5.24. The summed E-state index contributed by atoms with van der Waals surface area (Å²) in [6, 6.07) is 10.5. The molecule has 4 nitrogen and oxygen atoms in total. The Hall–Kier alpha value is -1.81. The van der Waals surface area contributed by atoms with Crippen LogP contribution in [0.4, 0.5) is 0 Å². The van der Waals surface area contributed by atoms with E-state index in [1.165, 1.54) is 11.3 Å². The molecular formula is C15H21N3O. The Bertz CT molecular complexity index is 522. The molecule has 0 saturated carbocycles. The van der Waals surface area contributed by atoms with Crippen LogP contribution in [0.5, 0.6) is 5.75 Å². The lowest BCUT2D eigenvalue weighted by molar-refractivity contribution is 0.413. The number of aromatic nitrogens is 2. The summed E-state index contributed by atoms with van der Waals surface area (Å²) in [5.74, 6) is 0.901. The zero-order chi connectivity index (χ0) is 13.7. The van der Waals surface area contributed by atoms with Crippen molar-refractivity contribution in [2.45, 2.75) is 19.4 Å². The van der Waals surface area contributed by atoms with Gasteiger partial charge in [0.2, 0.25) is 0 Å². The van der Waals surface area contributed by atoms with Crippen molar-refractivity contribution in [2.75, 3.05) is 13.7 Å². The van der Waals surface area contributed by atoms with Gasteiger partial charge in [0.25, 0.3) is 0 Å². The predicted octanol–water partition coefficient (Wildman–Crippen LogP) is 2.32. The third-order valence-electron chi connectivity index (χ3n) is 3.35. The summed E-state index contributed by atoms with van der Waals surface area (Å²) < 4.78 is 7.16. The second-order valence-corrected chi connectivity index (χ2v) is 4.65. The topological polar surface area (TPSA) is 39.1 Å². The lowest BCUT2D eigenvalue weighted by Crippen LogP contribution is -2.22. The van der Waals surface area contributed by atoms with E-state index in [0.29, 0.717) is 6.04 Å². The van der Waals surface area contributed by atoms with Crippen molar-refractivity contribution in [1.82, 2.24) is 15.1 Å². The first kappa shape index (κ1) is 13.6. The van der Waals surface area contributed by atoms with Gasteiger partial charge in [-0.3, -0.25) is 4.68 Å². The van der Waals surface area contributed by atoms with Gasteiger partial charge in [-0.2, -0.15) is 5.10 Å². The molecule has 0 aliphatic rings. The third kappa shape index (κ3) is 3.58. The highest BCUT2D eigenvalue weighted by atomic mass is 16.5. The van der Waals surface area contributed by atoms with Crippen molar-refractivity contribution >= 4 is 0 Å². The van der Waals surface area contributed by atoms with E-state index >= 15 is 0 Å². The SMILES string of the molecule is COc1cccc([C@H](C)NCCc2ccnn2C)c1. The van der Waals surface area contributed by atoms with Gasteiger partial charge in [-0.15, -0.1) is 0 Å². The molecule has 0 unspecified atom stereocenters. The van der Waals surface area contributed by atoms with Gasteiger partial charge in [-0.05, 0) is 30.7 Å². The molecule has 1 atom stereocenters. The molecule has 0 aliphatic heterocycles. The minimum atomic E-state index is 0.309. The van der Waals surface area contributed by atoms with E-state index in [2.05, 4.69) is 35.5 Å². The third-order valence-corrected chi connectivity index (χ3v) is 3.35. The molecule has 19 heavy (non-hydrogen) atoms. The lowest BCUT2D eigenvalue weighted by Gasteiger charge is -2.15. The second kappa shape index (κ2) is 6.38. The summed E-state index contributed by atoms with van der Waals surface area (Å²) in [6.45, 7) is 3.09. The molecule has 2 aromatic rings. The molecule has 0 saturated heterocycles. The number of nitrogens with one attached hydrogen (secondary N) is 1. The van der Waals surface area contributed by atoms with Crippen LogP contribution in [0.3, 0.4) is 0 Å². The van der Waals surface area contributed by atoms with Crippen molar-refractivity contribution < 1.29 is 4.74 Å². The largest absolute Gasteiger partial charge is 0.497 e. The first-order chi connectivity index (χ1) is 9.20. The van der Waals surface area contributed by atoms with Crippen molar-refractivity contribution in [2.24, 2.45) is 7.05 Å². The molecule has 1 heterocycles. The number of hydrogen-bond donors (Lipinski definition) is 1. The zero-order valence-corrected chi connectivity index (χ0v) is 11.8. The summed E-state index contributed by atoms with van der Waals surface area (Å²) in [4.78, 5) is 0. The van der Waals surface area contributed by atoms with Gasteiger partial charge in [0.1, 0.15) is 5.75 Å². The molecule has 0 fully saturated rings. The maximum Gasteiger partial charge on any atom is 0.119 e. The first-order valence-corrected chi connectivity index (χ1v) is 6.55. The van der Waals surface area contributed by atoms with Crippen molar-refractivity contribution in [1.29, 1.82) is 0 Å². The average Bonchev–Trinajstić information content (AvgIpc) is 2.84. The summed E-state index contributed by atoms with van der Waals surface area (Å²) in [5, 5.41) is 7.69. The van der Waals surface area contributed by atoms with Crippen LogP contribution in [0.15, 0.2) is 36.5 Å². The van der Waals surface area contributed by atoms with Crippen LogP contribution in [0.25, 0.3) is 0 Å². The number of ether oxygens (including phenoxy) is 1. The fourth-order valence-electron chi connectivity index (χ4n) is 2.09. The Morgan fingerprint density at radius 2 is 2.21 bits per heavy atom. The minimum absolute atomic E-state index is 0.309. The highest BCUT2D eigenvalue weighted by molar-refractivity contribution is 5.30. The summed E-state index contributed by atoms with van der Waals surface area (Å²) >= 11 is 0. The Labute approximate surface area is 114 Å². The summed E-state index contributed by atoms with van der Waals surface area (Å²) in [7, 11) is 3.67. The normalized spacial score (nSPS) is 12.4. The van der Waals surface area contributed by atoms with Crippen molar-refractivity contribution in [3.8, 4) is 5.75 Å². The van der Waals surface area contributed by atoms with E-state index < -0.39 is 0 Å². The number of aryl methyl sites for hydroxylation is 1. The standard InChI is InChI=1S/C15H21N3O/c1-12(13-5-4-6-15(11-13)19-3)16-9-7-14-8-10-17-18(14)2/h4-6,8,10-12,16H,7,9H2,1-3H3/t12-/m0/s1. The molecular weight excluding hydrogens is 238 g/mol. The first-order valence-electron chi connectivity index (χ1n) is 6.55. The molecule has 4 heteroatoms. The quantitative estimate of drug-likeness (QED) is 0.865. The molecule has 2 rings (SSSR count). The number of benzene rings is 1. The minimum Gasteiger partial charge on any atom is -0.497 e. The van der Waals surface area contributed by atoms with Gasteiger partial charge >= 0.3 is 0 Å². The molecule has 1 aromatic carbocycles. The smallest absolute Gasteiger partial charge is 0.119 e. The van der Waals surface area contributed by atoms with E-state index in [4.69, 9.17) is 4.74 Å². The number of rotatable bonds is 6. The van der Waals surface area contributed by atoms with Crippen LogP contribution in [0, 0.1) is 0 Å². The Kier molecular flexibility index (Phi) is 4.58. The van der Waals surface area contributed by atoms with Crippen LogP contribution >= 0.6 is 0 Å². The van der Waals surface area contributed by atoms with Gasteiger partial charge in [0.15, 0.2) is 0 Å². The molecule has 102 valence electrons. The molecule has 1 aromatic heterocycles. The van der Waals surface area contributed by atoms with Gasteiger partial charge in [0, 0.05) is 37.9 Å². The highest BCUT2D eigenvalue weighted by Crippen LogP contribution is 2.18.